The molecule has 0 saturated heterocycles. The number of rotatable bonds is 7. The number of terminal acetylenes is 3. The zero-order chi connectivity index (χ0) is 21.8. The van der Waals surface area contributed by atoms with E-state index in [1.807, 2.05) is 0 Å². The fourth-order valence-corrected chi connectivity index (χ4v) is 2.30. The van der Waals surface area contributed by atoms with E-state index >= 15 is 0 Å². The van der Waals surface area contributed by atoms with Crippen molar-refractivity contribution in [3.05, 3.63) is 22.3 Å². The summed E-state index contributed by atoms with van der Waals surface area (Å²) in [5.74, 6) is 6.67. The fourth-order valence-electron chi connectivity index (χ4n) is 1.85. The minimum Gasteiger partial charge on any atom is -0.464 e. The molecule has 0 aliphatic heterocycles. The number of hydrogen-bond donors (Lipinski definition) is 0. The molecule has 0 unspecified atom stereocenters. The third-order valence-electron chi connectivity index (χ3n) is 2.88. The smallest absolute Gasteiger partial charge is 0.388 e. The molecular weight excluding hydrogens is 427 g/mol. The normalized spacial score (nSPS) is 9.62. The molecule has 2 rings (SSSR count). The van der Waals surface area contributed by atoms with Gasteiger partial charge in [-0.1, -0.05) is 41.0 Å². The molecule has 0 atom stereocenters. The average molecular weight is 442 g/mol. The average Bonchev–Trinajstić information content (AvgIpc) is 2.95. The zero-order valence-corrected chi connectivity index (χ0v) is 16.7. The van der Waals surface area contributed by atoms with Crippen LogP contribution in [-0.2, 0) is 11.8 Å². The van der Waals surface area contributed by atoms with Crippen molar-refractivity contribution < 1.29 is 23.0 Å². The number of aromatic nitrogens is 3. The van der Waals surface area contributed by atoms with E-state index in [-0.39, 0.29) is 34.2 Å². The molecule has 0 aromatic carbocycles. The Bertz CT molecular complexity index is 930. The van der Waals surface area contributed by atoms with Crippen molar-refractivity contribution in [3.63, 3.8) is 0 Å². The third-order valence-corrected chi connectivity index (χ3v) is 3.44. The van der Waals surface area contributed by atoms with Crippen LogP contribution in [0.15, 0.2) is 12.1 Å². The zero-order valence-electron chi connectivity index (χ0n) is 15.2. The summed E-state index contributed by atoms with van der Waals surface area (Å²) in [4.78, 5) is 3.98. The molecule has 2 aromatic heterocycles. The topological polar surface area (TPSA) is 58.4 Å². The predicted octanol–water partition coefficient (Wildman–Crippen LogP) is 3.67. The molecule has 29 heavy (non-hydrogen) atoms. The highest BCUT2D eigenvalue weighted by atomic mass is 35.5. The van der Waals surface area contributed by atoms with Crippen LogP contribution in [0, 0.1) is 37.0 Å². The van der Waals surface area contributed by atoms with Crippen molar-refractivity contribution in [1.82, 2.24) is 14.8 Å². The summed E-state index contributed by atoms with van der Waals surface area (Å²) in [5, 5.41) is 4.12. The van der Waals surface area contributed by atoms with Gasteiger partial charge >= 0.3 is 6.61 Å². The van der Waals surface area contributed by atoms with Crippen molar-refractivity contribution >= 4 is 23.2 Å². The number of alkyl halides is 2. The fraction of sp³-hybridized carbons (Fsp3) is 0.263. The lowest BCUT2D eigenvalue weighted by atomic mass is 10.2. The first-order valence-electron chi connectivity index (χ1n) is 7.70. The van der Waals surface area contributed by atoms with Gasteiger partial charge in [0.15, 0.2) is 6.61 Å². The van der Waals surface area contributed by atoms with Crippen LogP contribution in [0.5, 0.6) is 11.8 Å². The van der Waals surface area contributed by atoms with Crippen molar-refractivity contribution in [2.24, 2.45) is 7.05 Å². The van der Waals surface area contributed by atoms with Crippen LogP contribution in [0.1, 0.15) is 0 Å². The Balaban J connectivity index is 0.000000516. The van der Waals surface area contributed by atoms with Gasteiger partial charge in [-0.15, -0.1) is 19.3 Å². The summed E-state index contributed by atoms with van der Waals surface area (Å²) in [6, 6.07) is 3.03. The minimum absolute atomic E-state index is 0.0504. The minimum atomic E-state index is -3.03. The first kappa shape index (κ1) is 24.1. The number of pyridine rings is 1. The molecule has 2 aromatic rings. The number of hydrogen-bond acceptors (Lipinski definition) is 5. The molecule has 0 bridgehead atoms. The van der Waals surface area contributed by atoms with Crippen LogP contribution in [0.25, 0.3) is 11.3 Å². The summed E-state index contributed by atoms with van der Waals surface area (Å²) in [7, 11) is 1.42. The van der Waals surface area contributed by atoms with Gasteiger partial charge in [0.2, 0.25) is 11.8 Å². The monoisotopic (exact) mass is 441 g/mol. The van der Waals surface area contributed by atoms with Crippen LogP contribution in [0.4, 0.5) is 8.78 Å². The first-order valence-corrected chi connectivity index (χ1v) is 8.46. The number of aryl methyl sites for hydroxylation is 1. The van der Waals surface area contributed by atoms with Gasteiger partial charge in [-0.3, -0.25) is 0 Å². The summed E-state index contributed by atoms with van der Waals surface area (Å²) < 4.78 is 40.1. The number of halogens is 4. The second-order valence-corrected chi connectivity index (χ2v) is 5.62. The van der Waals surface area contributed by atoms with E-state index in [2.05, 4.69) is 37.3 Å². The summed E-state index contributed by atoms with van der Waals surface area (Å²) >= 11 is 11.9. The molecule has 0 aliphatic carbocycles. The molecule has 10 heteroatoms. The lowest BCUT2D eigenvalue weighted by Gasteiger charge is -2.07. The lowest BCUT2D eigenvalue weighted by molar-refractivity contribution is -0.0552. The van der Waals surface area contributed by atoms with Crippen molar-refractivity contribution in [2.45, 2.75) is 6.61 Å². The Kier molecular flexibility index (Phi) is 10.4. The quantitative estimate of drug-likeness (QED) is 0.372. The number of ether oxygens (including phenoxy) is 3. The van der Waals surface area contributed by atoms with Gasteiger partial charge < -0.3 is 14.2 Å². The molecule has 0 fully saturated rings. The molecule has 0 N–H and O–H groups in total. The number of nitrogens with zero attached hydrogens (tertiary/aromatic N) is 3. The van der Waals surface area contributed by atoms with Gasteiger partial charge in [0, 0.05) is 7.05 Å². The predicted molar refractivity (Wildman–Crippen MR) is 106 cm³/mol. The van der Waals surface area contributed by atoms with E-state index in [9.17, 15) is 8.78 Å². The van der Waals surface area contributed by atoms with E-state index in [0.29, 0.717) is 18.8 Å². The van der Waals surface area contributed by atoms with E-state index in [4.69, 9.17) is 47.2 Å². The molecule has 2 heterocycles. The second-order valence-electron chi connectivity index (χ2n) is 4.85. The van der Waals surface area contributed by atoms with Crippen molar-refractivity contribution in [2.75, 3.05) is 19.8 Å². The Labute approximate surface area is 177 Å². The van der Waals surface area contributed by atoms with Gasteiger partial charge in [-0.2, -0.15) is 13.9 Å². The van der Waals surface area contributed by atoms with Gasteiger partial charge in [-0.05, 0) is 12.1 Å². The van der Waals surface area contributed by atoms with Crippen LogP contribution in [-0.4, -0.2) is 41.2 Å². The van der Waals surface area contributed by atoms with E-state index in [0.717, 1.165) is 4.68 Å². The molecule has 0 amide bonds. The van der Waals surface area contributed by atoms with Crippen molar-refractivity contribution in [3.8, 4) is 60.0 Å². The summed E-state index contributed by atoms with van der Waals surface area (Å²) in [6.07, 6.45) is 14.8. The van der Waals surface area contributed by atoms with Crippen LogP contribution in [0.2, 0.25) is 10.2 Å². The van der Waals surface area contributed by atoms with E-state index < -0.39 is 6.61 Å². The standard InChI is InChI=1S/C13H9Cl2F2N3O2.C6H6O/c1-3-6-21-11-7(4-5-8(14)18-11)10-9(15)12(20(2)19-10)22-13(16)17;1-3-5-7-6-4-2/h1,4-5,13H,6H2,2H3;1-2H,5-6H2. The molecule has 152 valence electrons. The van der Waals surface area contributed by atoms with Crippen LogP contribution < -0.4 is 9.47 Å². The SMILES string of the molecule is C#CCOCC#C.C#CCOc1nc(Cl)ccc1-c1nn(C)c(OC(F)F)c1Cl. The summed E-state index contributed by atoms with van der Waals surface area (Å²) in [5.41, 5.74) is 0.514. The van der Waals surface area contributed by atoms with E-state index in [1.54, 1.807) is 6.07 Å². The molecule has 0 saturated carbocycles. The third kappa shape index (κ3) is 7.52. The van der Waals surface area contributed by atoms with Gasteiger partial charge in [0.1, 0.15) is 29.1 Å². The molecule has 0 radical (unpaired) electrons. The Morgan fingerprint density at radius 3 is 2.28 bits per heavy atom. The van der Waals surface area contributed by atoms with Crippen LogP contribution in [0.3, 0.4) is 0 Å². The Morgan fingerprint density at radius 1 is 1.10 bits per heavy atom. The maximum Gasteiger partial charge on any atom is 0.388 e. The van der Waals surface area contributed by atoms with E-state index in [1.165, 1.54) is 13.1 Å². The van der Waals surface area contributed by atoms with Crippen molar-refractivity contribution in [1.29, 1.82) is 0 Å². The highest BCUT2D eigenvalue weighted by Crippen LogP contribution is 2.39. The molecule has 6 nitrogen and oxygen atoms in total. The van der Waals surface area contributed by atoms with Gasteiger partial charge in [0.25, 0.3) is 0 Å². The van der Waals surface area contributed by atoms with Crippen LogP contribution >= 0.6 is 23.2 Å². The Hall–Kier alpha value is -2.96. The maximum absolute atomic E-state index is 12.4. The van der Waals surface area contributed by atoms with Gasteiger partial charge in [-0.25, -0.2) is 9.67 Å². The molecular formula is C19H15Cl2F2N3O3. The lowest BCUT2D eigenvalue weighted by Crippen LogP contribution is -2.06. The highest BCUT2D eigenvalue weighted by Gasteiger charge is 2.23. The Morgan fingerprint density at radius 2 is 1.72 bits per heavy atom. The maximum atomic E-state index is 12.4. The highest BCUT2D eigenvalue weighted by molar-refractivity contribution is 6.34. The molecule has 0 aliphatic rings. The van der Waals surface area contributed by atoms with Gasteiger partial charge in [0.05, 0.1) is 5.56 Å². The first-order chi connectivity index (χ1) is 13.8. The summed E-state index contributed by atoms with van der Waals surface area (Å²) in [6.45, 7) is -2.46. The molecule has 0 spiro atoms. The second kappa shape index (κ2) is 12.5. The largest absolute Gasteiger partial charge is 0.464 e.